The van der Waals surface area contributed by atoms with E-state index in [2.05, 4.69) is 230 Å². The van der Waals surface area contributed by atoms with Crippen LogP contribution in [-0.2, 0) is 5.41 Å². The third kappa shape index (κ3) is 5.89. The molecule has 0 amide bonds. The van der Waals surface area contributed by atoms with Gasteiger partial charge in [0.1, 0.15) is 0 Å². The van der Waals surface area contributed by atoms with Crippen LogP contribution in [0, 0.1) is 0 Å². The Hall–Kier alpha value is -6.64. The average molecular weight is 681 g/mol. The molecule has 8 aromatic rings. The van der Waals surface area contributed by atoms with Crippen molar-refractivity contribution in [3.8, 4) is 33.4 Å². The molecule has 8 aromatic carbocycles. The second-order valence-corrected chi connectivity index (χ2v) is 14.2. The first kappa shape index (κ1) is 32.3. The minimum Gasteiger partial charge on any atom is -0.310 e. The number of nitrogens with zero attached hydrogens (tertiary/aromatic N) is 2. The molecule has 0 unspecified atom stereocenters. The Balaban J connectivity index is 1.31. The van der Waals surface area contributed by atoms with Gasteiger partial charge in [0.25, 0.3) is 0 Å². The van der Waals surface area contributed by atoms with E-state index in [1.807, 2.05) is 0 Å². The van der Waals surface area contributed by atoms with Crippen LogP contribution >= 0.6 is 0 Å². The minimum atomic E-state index is -0.122. The summed E-state index contributed by atoms with van der Waals surface area (Å²) in [5.41, 5.74) is 16.5. The molecular weight excluding hydrogens is 641 g/mol. The quantitative estimate of drug-likeness (QED) is 0.158. The summed E-state index contributed by atoms with van der Waals surface area (Å²) in [6, 6.07) is 74.6. The average Bonchev–Trinajstić information content (AvgIpc) is 3.45. The molecule has 254 valence electrons. The summed E-state index contributed by atoms with van der Waals surface area (Å²) in [6.07, 6.45) is 0. The van der Waals surface area contributed by atoms with Gasteiger partial charge in [-0.3, -0.25) is 0 Å². The van der Waals surface area contributed by atoms with Gasteiger partial charge in [-0.2, -0.15) is 0 Å². The van der Waals surface area contributed by atoms with E-state index in [4.69, 9.17) is 0 Å². The minimum absolute atomic E-state index is 0.122. The Morgan fingerprint density at radius 1 is 0.283 bits per heavy atom. The van der Waals surface area contributed by atoms with Crippen molar-refractivity contribution in [1.82, 2.24) is 0 Å². The van der Waals surface area contributed by atoms with Gasteiger partial charge in [-0.15, -0.1) is 0 Å². The third-order valence-corrected chi connectivity index (χ3v) is 10.6. The molecule has 1 aliphatic rings. The van der Waals surface area contributed by atoms with Gasteiger partial charge in [0.05, 0.1) is 0 Å². The van der Waals surface area contributed by atoms with Gasteiger partial charge in [-0.25, -0.2) is 0 Å². The van der Waals surface area contributed by atoms with E-state index < -0.39 is 0 Å². The van der Waals surface area contributed by atoms with E-state index in [0.717, 1.165) is 39.7 Å². The summed E-state index contributed by atoms with van der Waals surface area (Å²) in [6.45, 7) is 4.70. The van der Waals surface area contributed by atoms with Crippen molar-refractivity contribution in [2.45, 2.75) is 19.3 Å². The van der Waals surface area contributed by atoms with Crippen LogP contribution in [0.4, 0.5) is 34.1 Å². The summed E-state index contributed by atoms with van der Waals surface area (Å²) in [4.78, 5) is 4.79. The normalized spacial score (nSPS) is 12.5. The fourth-order valence-electron chi connectivity index (χ4n) is 8.07. The molecule has 0 aromatic heterocycles. The van der Waals surface area contributed by atoms with E-state index in [1.54, 1.807) is 0 Å². The Morgan fingerprint density at radius 2 is 0.698 bits per heavy atom. The van der Waals surface area contributed by atoms with Crippen molar-refractivity contribution in [3.05, 3.63) is 217 Å². The van der Waals surface area contributed by atoms with Crippen molar-refractivity contribution >= 4 is 34.1 Å². The highest BCUT2D eigenvalue weighted by Gasteiger charge is 2.35. The van der Waals surface area contributed by atoms with Crippen molar-refractivity contribution in [1.29, 1.82) is 0 Å². The lowest BCUT2D eigenvalue weighted by molar-refractivity contribution is 0.660. The predicted octanol–water partition coefficient (Wildman–Crippen LogP) is 14.3. The van der Waals surface area contributed by atoms with E-state index in [1.165, 1.54) is 38.9 Å². The zero-order valence-electron chi connectivity index (χ0n) is 30.0. The second kappa shape index (κ2) is 13.5. The number of para-hydroxylation sites is 3. The number of benzene rings is 8. The molecule has 0 saturated carbocycles. The summed E-state index contributed by atoms with van der Waals surface area (Å²) in [7, 11) is 0. The molecule has 0 N–H and O–H groups in total. The van der Waals surface area contributed by atoms with Crippen molar-refractivity contribution in [3.63, 3.8) is 0 Å². The highest BCUT2D eigenvalue weighted by atomic mass is 15.2. The van der Waals surface area contributed by atoms with Gasteiger partial charge in [0.2, 0.25) is 0 Å². The van der Waals surface area contributed by atoms with Gasteiger partial charge in [0.15, 0.2) is 0 Å². The Labute approximate surface area is 312 Å². The molecule has 2 heteroatoms. The summed E-state index contributed by atoms with van der Waals surface area (Å²) < 4.78 is 0. The number of hydrogen-bond acceptors (Lipinski definition) is 2. The van der Waals surface area contributed by atoms with E-state index in [-0.39, 0.29) is 5.41 Å². The molecule has 0 radical (unpaired) electrons. The predicted molar refractivity (Wildman–Crippen MR) is 224 cm³/mol. The fraction of sp³-hybridized carbons (Fsp3) is 0.0588. The van der Waals surface area contributed by atoms with E-state index in [9.17, 15) is 0 Å². The Kier molecular flexibility index (Phi) is 8.21. The van der Waals surface area contributed by atoms with Crippen LogP contribution in [0.25, 0.3) is 33.4 Å². The molecule has 53 heavy (non-hydrogen) atoms. The summed E-state index contributed by atoms with van der Waals surface area (Å²) >= 11 is 0. The zero-order valence-corrected chi connectivity index (χ0v) is 30.0. The zero-order chi connectivity index (χ0) is 35.8. The molecule has 0 spiro atoms. The lowest BCUT2D eigenvalue weighted by atomic mass is 9.82. The number of fused-ring (bicyclic) bond motifs is 3. The number of anilines is 6. The monoisotopic (exact) mass is 680 g/mol. The molecule has 2 nitrogen and oxygen atoms in total. The maximum atomic E-state index is 2.42. The van der Waals surface area contributed by atoms with Gasteiger partial charge in [-0.1, -0.05) is 153 Å². The van der Waals surface area contributed by atoms with Gasteiger partial charge >= 0.3 is 0 Å². The second-order valence-electron chi connectivity index (χ2n) is 14.2. The topological polar surface area (TPSA) is 6.48 Å². The highest BCUT2D eigenvalue weighted by Crippen LogP contribution is 2.51. The molecule has 0 atom stereocenters. The number of rotatable bonds is 8. The van der Waals surface area contributed by atoms with Crippen LogP contribution < -0.4 is 9.80 Å². The van der Waals surface area contributed by atoms with Crippen LogP contribution in [0.15, 0.2) is 206 Å². The van der Waals surface area contributed by atoms with Crippen LogP contribution in [-0.4, -0.2) is 0 Å². The molecule has 0 fully saturated rings. The summed E-state index contributed by atoms with van der Waals surface area (Å²) in [5, 5.41) is 0. The van der Waals surface area contributed by atoms with Gasteiger partial charge in [-0.05, 0) is 111 Å². The molecule has 0 heterocycles. The lowest BCUT2D eigenvalue weighted by Crippen LogP contribution is -2.17. The van der Waals surface area contributed by atoms with Crippen LogP contribution in [0.1, 0.15) is 25.0 Å². The molecular formula is C51H40N2. The van der Waals surface area contributed by atoms with Gasteiger partial charge in [0, 0.05) is 39.5 Å². The SMILES string of the molecule is CC1(C)c2ccccc2-c2ccc(N(c3ccccc3)c3cc(-c4ccccc4-c4ccccc4)cc(N(c4ccccc4)c4ccccc4)c3)cc21. The van der Waals surface area contributed by atoms with Crippen molar-refractivity contribution in [2.24, 2.45) is 0 Å². The maximum Gasteiger partial charge on any atom is 0.0488 e. The smallest absolute Gasteiger partial charge is 0.0488 e. The van der Waals surface area contributed by atoms with Crippen molar-refractivity contribution < 1.29 is 0 Å². The van der Waals surface area contributed by atoms with Crippen LogP contribution in [0.2, 0.25) is 0 Å². The van der Waals surface area contributed by atoms with Gasteiger partial charge < -0.3 is 9.80 Å². The lowest BCUT2D eigenvalue weighted by Gasteiger charge is -2.31. The van der Waals surface area contributed by atoms with Crippen LogP contribution in [0.5, 0.6) is 0 Å². The first-order chi connectivity index (χ1) is 26.1. The molecule has 1 aliphatic carbocycles. The molecule has 9 rings (SSSR count). The Bertz CT molecular complexity index is 2480. The number of hydrogen-bond donors (Lipinski definition) is 0. The Morgan fingerprint density at radius 3 is 1.25 bits per heavy atom. The summed E-state index contributed by atoms with van der Waals surface area (Å²) in [5.74, 6) is 0. The standard InChI is InChI=1S/C51H40N2/c1-51(2)49-30-18-17-29-47(49)48-32-31-42(36-50(48)51)53(41-25-13-6-14-26-41)44-34-38(46-28-16-15-27-45(46)37-19-7-3-8-20-37)33-43(35-44)52(39-21-9-4-10-22-39)40-23-11-5-12-24-40/h3-36H,1-2H3. The molecule has 0 aliphatic heterocycles. The first-order valence-electron chi connectivity index (χ1n) is 18.4. The third-order valence-electron chi connectivity index (χ3n) is 10.6. The van der Waals surface area contributed by atoms with E-state index >= 15 is 0 Å². The van der Waals surface area contributed by atoms with Crippen molar-refractivity contribution in [2.75, 3.05) is 9.80 Å². The maximum absolute atomic E-state index is 2.42. The highest BCUT2D eigenvalue weighted by molar-refractivity contribution is 5.92. The van der Waals surface area contributed by atoms with E-state index in [0.29, 0.717) is 0 Å². The van der Waals surface area contributed by atoms with Crippen LogP contribution in [0.3, 0.4) is 0 Å². The first-order valence-corrected chi connectivity index (χ1v) is 18.4. The fourth-order valence-corrected chi connectivity index (χ4v) is 8.07. The molecule has 0 bridgehead atoms. The largest absolute Gasteiger partial charge is 0.310 e. The molecule has 0 saturated heterocycles.